The minimum atomic E-state index is 0.363. The summed E-state index contributed by atoms with van der Waals surface area (Å²) in [7, 11) is 0. The second-order valence-corrected chi connectivity index (χ2v) is 6.74. The van der Waals surface area contributed by atoms with Gasteiger partial charge in [0.1, 0.15) is 0 Å². The molecule has 1 aromatic carbocycles. The minimum absolute atomic E-state index is 0.363. The van der Waals surface area contributed by atoms with Gasteiger partial charge in [-0.2, -0.15) is 0 Å². The number of aliphatic imine (C=N–C) groups is 1. The predicted octanol–water partition coefficient (Wildman–Crippen LogP) is 5.31. The lowest BCUT2D eigenvalue weighted by atomic mass is 9.84. The maximum atomic E-state index is 5.99. The van der Waals surface area contributed by atoms with E-state index < -0.39 is 0 Å². The van der Waals surface area contributed by atoms with Crippen LogP contribution in [-0.4, -0.2) is 17.5 Å². The summed E-state index contributed by atoms with van der Waals surface area (Å²) in [6.45, 7) is 5.38. The van der Waals surface area contributed by atoms with Crippen LogP contribution >= 0.6 is 35.0 Å². The van der Waals surface area contributed by atoms with Crippen LogP contribution in [0.25, 0.3) is 0 Å². The highest BCUT2D eigenvalue weighted by Crippen LogP contribution is 2.35. The molecule has 0 saturated heterocycles. The molecule has 0 bridgehead atoms. The largest absolute Gasteiger partial charge is 0.335 e. The number of nitrogens with zero attached hydrogens (tertiary/aromatic N) is 1. The van der Waals surface area contributed by atoms with E-state index in [2.05, 4.69) is 24.2 Å². The van der Waals surface area contributed by atoms with Gasteiger partial charge in [0.05, 0.1) is 0 Å². The van der Waals surface area contributed by atoms with Crippen LogP contribution in [-0.2, 0) is 0 Å². The average molecular weight is 317 g/mol. The zero-order chi connectivity index (χ0) is 13.9. The maximum Gasteiger partial charge on any atom is 0.161 e. The van der Waals surface area contributed by atoms with Gasteiger partial charge in [-0.1, -0.05) is 48.8 Å². The van der Waals surface area contributed by atoms with E-state index in [9.17, 15) is 0 Å². The van der Waals surface area contributed by atoms with Gasteiger partial charge in [0.2, 0.25) is 0 Å². The molecule has 0 spiro atoms. The Bertz CT molecular complexity index is 464. The van der Waals surface area contributed by atoms with Gasteiger partial charge in [-0.05, 0) is 36.5 Å². The summed E-state index contributed by atoms with van der Waals surface area (Å²) < 4.78 is 0. The molecule has 0 aliphatic carbocycles. The third-order valence-corrected chi connectivity index (χ3v) is 5.38. The second-order valence-electron chi connectivity index (χ2n) is 4.90. The number of benzene rings is 1. The van der Waals surface area contributed by atoms with E-state index in [0.29, 0.717) is 15.5 Å². The van der Waals surface area contributed by atoms with Crippen molar-refractivity contribution >= 4 is 45.8 Å². The van der Waals surface area contributed by atoms with Crippen molar-refractivity contribution in [1.29, 1.82) is 0 Å². The van der Waals surface area contributed by atoms with Crippen molar-refractivity contribution in [3.63, 3.8) is 0 Å². The Balaban J connectivity index is 2.07. The smallest absolute Gasteiger partial charge is 0.161 e. The zero-order valence-electron chi connectivity index (χ0n) is 11.2. The van der Waals surface area contributed by atoms with Crippen LogP contribution < -0.4 is 5.32 Å². The van der Waals surface area contributed by atoms with Crippen LogP contribution in [0.4, 0.5) is 5.69 Å². The average Bonchev–Trinajstić information content (AvgIpc) is 2.39. The van der Waals surface area contributed by atoms with E-state index in [1.165, 1.54) is 12.8 Å². The molecule has 0 saturated carbocycles. The highest BCUT2D eigenvalue weighted by atomic mass is 35.5. The molecule has 5 heteroatoms. The van der Waals surface area contributed by atoms with Gasteiger partial charge < -0.3 is 5.32 Å². The summed E-state index contributed by atoms with van der Waals surface area (Å²) in [5, 5.41) is 5.51. The zero-order valence-corrected chi connectivity index (χ0v) is 13.5. The molecule has 0 fully saturated rings. The minimum Gasteiger partial charge on any atom is -0.335 e. The molecule has 1 aliphatic heterocycles. The van der Waals surface area contributed by atoms with Crippen LogP contribution in [0.5, 0.6) is 0 Å². The van der Waals surface area contributed by atoms with Crippen LogP contribution in [0.15, 0.2) is 23.2 Å². The van der Waals surface area contributed by atoms with Gasteiger partial charge in [-0.25, -0.2) is 0 Å². The first-order valence-electron chi connectivity index (χ1n) is 6.47. The van der Waals surface area contributed by atoms with Crippen LogP contribution in [0.2, 0.25) is 10.0 Å². The van der Waals surface area contributed by atoms with Gasteiger partial charge in [0.25, 0.3) is 0 Å². The lowest BCUT2D eigenvalue weighted by Gasteiger charge is -2.33. The molecule has 0 amide bonds. The normalized spacial score (nSPS) is 18.0. The van der Waals surface area contributed by atoms with Crippen molar-refractivity contribution in [2.45, 2.75) is 26.7 Å². The van der Waals surface area contributed by atoms with Crippen LogP contribution in [0.3, 0.4) is 0 Å². The van der Waals surface area contributed by atoms with Crippen molar-refractivity contribution in [2.24, 2.45) is 10.4 Å². The van der Waals surface area contributed by atoms with E-state index in [1.54, 1.807) is 17.8 Å². The summed E-state index contributed by atoms with van der Waals surface area (Å²) in [5.41, 5.74) is 1.26. The Labute approximate surface area is 129 Å². The quantitative estimate of drug-likeness (QED) is 0.816. The summed E-state index contributed by atoms with van der Waals surface area (Å²) in [4.78, 5) is 4.66. The number of hydrogen-bond donors (Lipinski definition) is 1. The number of amidine groups is 1. The fourth-order valence-electron chi connectivity index (χ4n) is 2.06. The Morgan fingerprint density at radius 3 is 2.32 bits per heavy atom. The predicted molar refractivity (Wildman–Crippen MR) is 87.9 cm³/mol. The molecule has 0 unspecified atom stereocenters. The molecule has 19 heavy (non-hydrogen) atoms. The number of hydrogen-bond acceptors (Lipinski definition) is 3. The molecule has 1 aliphatic rings. The number of nitrogens with one attached hydrogen (secondary N) is 1. The van der Waals surface area contributed by atoms with Gasteiger partial charge in [0.15, 0.2) is 5.17 Å². The van der Waals surface area contributed by atoms with Gasteiger partial charge in [0, 0.05) is 28.0 Å². The number of anilines is 1. The van der Waals surface area contributed by atoms with Crippen molar-refractivity contribution in [3.8, 4) is 0 Å². The Morgan fingerprint density at radius 2 is 1.84 bits per heavy atom. The second kappa shape index (κ2) is 6.38. The third-order valence-electron chi connectivity index (χ3n) is 3.69. The first kappa shape index (κ1) is 15.0. The standard InChI is InChI=1S/C14H18Cl2N2S/c1-3-14(4-2)8-17-13(19-9-14)18-12-6-10(15)5-11(16)7-12/h5-7H,3-4,8-9H2,1-2H3,(H,17,18). The maximum absolute atomic E-state index is 5.99. The number of halogens is 2. The van der Waals surface area contributed by atoms with E-state index in [4.69, 9.17) is 23.2 Å². The summed E-state index contributed by atoms with van der Waals surface area (Å²) in [6, 6.07) is 5.44. The van der Waals surface area contributed by atoms with Crippen molar-refractivity contribution in [1.82, 2.24) is 0 Å². The number of rotatable bonds is 3. The topological polar surface area (TPSA) is 24.4 Å². The monoisotopic (exact) mass is 316 g/mol. The molecular weight excluding hydrogens is 299 g/mol. The molecule has 2 rings (SSSR count). The van der Waals surface area contributed by atoms with Crippen LogP contribution in [0.1, 0.15) is 26.7 Å². The van der Waals surface area contributed by atoms with E-state index >= 15 is 0 Å². The van der Waals surface area contributed by atoms with Crippen molar-refractivity contribution < 1.29 is 0 Å². The summed E-state index contributed by atoms with van der Waals surface area (Å²) in [6.07, 6.45) is 2.35. The van der Waals surface area contributed by atoms with E-state index in [-0.39, 0.29) is 0 Å². The van der Waals surface area contributed by atoms with Crippen molar-refractivity contribution in [2.75, 3.05) is 17.6 Å². The fourth-order valence-corrected chi connectivity index (χ4v) is 3.87. The van der Waals surface area contributed by atoms with E-state index in [1.807, 2.05) is 12.1 Å². The SMILES string of the molecule is CCC1(CC)CN=C(Nc2cc(Cl)cc(Cl)c2)SC1. The van der Waals surface area contributed by atoms with Gasteiger partial charge in [-0.3, -0.25) is 4.99 Å². The number of thioether (sulfide) groups is 1. The molecule has 0 atom stereocenters. The highest BCUT2D eigenvalue weighted by Gasteiger charge is 2.30. The molecule has 1 aromatic rings. The van der Waals surface area contributed by atoms with Gasteiger partial charge >= 0.3 is 0 Å². The van der Waals surface area contributed by atoms with Gasteiger partial charge in [-0.15, -0.1) is 0 Å². The van der Waals surface area contributed by atoms with E-state index in [0.717, 1.165) is 23.2 Å². The molecule has 0 aromatic heterocycles. The molecule has 104 valence electrons. The first-order valence-corrected chi connectivity index (χ1v) is 8.21. The Hall–Kier alpha value is -0.380. The highest BCUT2D eigenvalue weighted by molar-refractivity contribution is 8.14. The molecule has 1 heterocycles. The Morgan fingerprint density at radius 1 is 1.21 bits per heavy atom. The lowest BCUT2D eigenvalue weighted by molar-refractivity contribution is 0.318. The van der Waals surface area contributed by atoms with Crippen molar-refractivity contribution in [3.05, 3.63) is 28.2 Å². The first-order chi connectivity index (χ1) is 9.07. The fraction of sp³-hybridized carbons (Fsp3) is 0.500. The summed E-state index contributed by atoms with van der Waals surface area (Å²) >= 11 is 13.8. The molecule has 1 N–H and O–H groups in total. The summed E-state index contributed by atoms with van der Waals surface area (Å²) in [5.74, 6) is 1.11. The lowest BCUT2D eigenvalue weighted by Crippen LogP contribution is -2.32. The molecule has 0 radical (unpaired) electrons. The molecular formula is C14H18Cl2N2S. The molecule has 2 nitrogen and oxygen atoms in total. The Kier molecular flexibility index (Phi) is 5.04. The third kappa shape index (κ3) is 3.80. The van der Waals surface area contributed by atoms with Crippen LogP contribution in [0, 0.1) is 5.41 Å².